The van der Waals surface area contributed by atoms with Crippen LogP contribution in [0, 0.1) is 0 Å². The lowest BCUT2D eigenvalue weighted by atomic mass is 10.0. The fraction of sp³-hybridized carbons (Fsp3) is 0.839. The summed E-state index contributed by atoms with van der Waals surface area (Å²) in [4.78, 5) is 12.5. The maximum absolute atomic E-state index is 12.5. The third kappa shape index (κ3) is 47.4. The van der Waals surface area contributed by atoms with Crippen LogP contribution in [0.2, 0.25) is 0 Å². The van der Waals surface area contributed by atoms with Crippen molar-refractivity contribution < 1.29 is 15.0 Å². The summed E-state index contributed by atoms with van der Waals surface area (Å²) in [6.07, 6.45) is 70.9. The van der Waals surface area contributed by atoms with Crippen LogP contribution in [0.5, 0.6) is 0 Å². The van der Waals surface area contributed by atoms with E-state index in [4.69, 9.17) is 0 Å². The molecule has 60 heavy (non-hydrogen) atoms. The summed E-state index contributed by atoms with van der Waals surface area (Å²) in [5.74, 6) is -0.0435. The van der Waals surface area contributed by atoms with Gasteiger partial charge in [-0.1, -0.05) is 274 Å². The SMILES string of the molecule is CC/C=C\C/C=C\C/C=C\C/C=C\CCCCCCCCC(=O)NC(CO)C(O)CCCCCCCCCCCCCCCCCCCCCCCCCCCCCCC. The number of aliphatic hydroxyl groups excluding tert-OH is 2. The van der Waals surface area contributed by atoms with Crippen LogP contribution in [0.3, 0.4) is 0 Å². The van der Waals surface area contributed by atoms with Gasteiger partial charge in [0, 0.05) is 6.42 Å². The van der Waals surface area contributed by atoms with Gasteiger partial charge in [0.05, 0.1) is 18.8 Å². The number of rotatable bonds is 49. The van der Waals surface area contributed by atoms with Crippen molar-refractivity contribution in [3.8, 4) is 0 Å². The first kappa shape index (κ1) is 58.4. The molecule has 0 heterocycles. The molecule has 0 saturated heterocycles. The van der Waals surface area contributed by atoms with Crippen LogP contribution < -0.4 is 5.32 Å². The Morgan fingerprint density at radius 1 is 0.417 bits per heavy atom. The second-order valence-corrected chi connectivity index (χ2v) is 18.3. The number of unbranched alkanes of at least 4 members (excludes halogenated alkanes) is 34. The normalized spacial score (nSPS) is 13.2. The van der Waals surface area contributed by atoms with Gasteiger partial charge in [-0.2, -0.15) is 0 Å². The van der Waals surface area contributed by atoms with Crippen LogP contribution >= 0.6 is 0 Å². The first-order chi connectivity index (χ1) is 29.7. The number of hydrogen-bond donors (Lipinski definition) is 3. The van der Waals surface area contributed by atoms with Gasteiger partial charge < -0.3 is 15.5 Å². The molecule has 0 saturated carbocycles. The van der Waals surface area contributed by atoms with Crippen molar-refractivity contribution >= 4 is 5.91 Å². The zero-order valence-electron chi connectivity index (χ0n) is 40.5. The molecule has 0 fully saturated rings. The maximum atomic E-state index is 12.5. The number of carbonyl (C=O) groups is 1. The van der Waals surface area contributed by atoms with E-state index in [9.17, 15) is 15.0 Å². The van der Waals surface area contributed by atoms with E-state index in [1.54, 1.807) is 0 Å². The molecule has 0 aliphatic carbocycles. The Hall–Kier alpha value is -1.65. The zero-order valence-corrected chi connectivity index (χ0v) is 40.5. The van der Waals surface area contributed by atoms with Gasteiger partial charge >= 0.3 is 0 Å². The molecule has 0 radical (unpaired) electrons. The summed E-state index contributed by atoms with van der Waals surface area (Å²) in [7, 11) is 0. The predicted molar refractivity (Wildman–Crippen MR) is 267 cm³/mol. The lowest BCUT2D eigenvalue weighted by Gasteiger charge is -2.22. The summed E-state index contributed by atoms with van der Waals surface area (Å²) in [5, 5.41) is 23.3. The highest BCUT2D eigenvalue weighted by Crippen LogP contribution is 2.17. The molecular weight excluding hydrogens is 735 g/mol. The average molecular weight is 840 g/mol. The number of allylic oxidation sites excluding steroid dienone is 8. The molecule has 0 aliphatic rings. The highest BCUT2D eigenvalue weighted by atomic mass is 16.3. The molecular formula is C56H105NO3. The van der Waals surface area contributed by atoms with Crippen molar-refractivity contribution in [3.63, 3.8) is 0 Å². The molecule has 1 amide bonds. The van der Waals surface area contributed by atoms with E-state index in [-0.39, 0.29) is 12.5 Å². The van der Waals surface area contributed by atoms with Crippen molar-refractivity contribution in [2.75, 3.05) is 6.61 Å². The minimum absolute atomic E-state index is 0.0435. The van der Waals surface area contributed by atoms with Crippen LogP contribution in [0.1, 0.15) is 284 Å². The zero-order chi connectivity index (χ0) is 43.5. The van der Waals surface area contributed by atoms with Gasteiger partial charge in [0.25, 0.3) is 0 Å². The molecule has 0 aliphatic heterocycles. The Kier molecular flexibility index (Phi) is 50.3. The molecule has 4 heteroatoms. The average Bonchev–Trinajstić information content (AvgIpc) is 3.25. The van der Waals surface area contributed by atoms with Crippen molar-refractivity contribution in [1.82, 2.24) is 5.32 Å². The molecule has 0 aromatic carbocycles. The molecule has 0 aromatic heterocycles. The maximum Gasteiger partial charge on any atom is 0.220 e. The van der Waals surface area contributed by atoms with Crippen LogP contribution in [-0.4, -0.2) is 34.9 Å². The van der Waals surface area contributed by atoms with E-state index in [1.807, 2.05) is 0 Å². The lowest BCUT2D eigenvalue weighted by molar-refractivity contribution is -0.123. The van der Waals surface area contributed by atoms with E-state index in [1.165, 1.54) is 193 Å². The van der Waals surface area contributed by atoms with Crippen LogP contribution in [-0.2, 0) is 4.79 Å². The number of amides is 1. The second kappa shape index (κ2) is 51.7. The van der Waals surface area contributed by atoms with Crippen molar-refractivity contribution in [2.45, 2.75) is 296 Å². The molecule has 0 aromatic rings. The van der Waals surface area contributed by atoms with Crippen LogP contribution in [0.25, 0.3) is 0 Å². The number of nitrogens with one attached hydrogen (secondary N) is 1. The topological polar surface area (TPSA) is 69.6 Å². The third-order valence-electron chi connectivity index (χ3n) is 12.4. The molecule has 352 valence electrons. The van der Waals surface area contributed by atoms with Gasteiger partial charge in [0.2, 0.25) is 5.91 Å². The molecule has 0 rings (SSSR count). The minimum atomic E-state index is -0.668. The quantitative estimate of drug-likeness (QED) is 0.0422. The van der Waals surface area contributed by atoms with Gasteiger partial charge in [0.1, 0.15) is 0 Å². The van der Waals surface area contributed by atoms with E-state index in [2.05, 4.69) is 67.8 Å². The van der Waals surface area contributed by atoms with Gasteiger partial charge in [-0.3, -0.25) is 4.79 Å². The van der Waals surface area contributed by atoms with Gasteiger partial charge in [-0.25, -0.2) is 0 Å². The first-order valence-electron chi connectivity index (χ1n) is 26.8. The van der Waals surface area contributed by atoms with Crippen molar-refractivity contribution in [3.05, 3.63) is 48.6 Å². The van der Waals surface area contributed by atoms with Crippen LogP contribution in [0.15, 0.2) is 48.6 Å². The first-order valence-corrected chi connectivity index (χ1v) is 26.8. The Balaban J connectivity index is 3.46. The smallest absolute Gasteiger partial charge is 0.220 e. The number of carbonyl (C=O) groups excluding carboxylic acids is 1. The molecule has 0 bridgehead atoms. The van der Waals surface area contributed by atoms with Crippen LogP contribution in [0.4, 0.5) is 0 Å². The number of hydrogen-bond acceptors (Lipinski definition) is 3. The Morgan fingerprint density at radius 2 is 0.733 bits per heavy atom. The molecule has 0 spiro atoms. The third-order valence-corrected chi connectivity index (χ3v) is 12.4. The second-order valence-electron chi connectivity index (χ2n) is 18.3. The molecule has 4 nitrogen and oxygen atoms in total. The molecule has 2 atom stereocenters. The molecule has 2 unspecified atom stereocenters. The lowest BCUT2D eigenvalue weighted by Crippen LogP contribution is -2.45. The van der Waals surface area contributed by atoms with E-state index < -0.39 is 12.1 Å². The minimum Gasteiger partial charge on any atom is -0.394 e. The van der Waals surface area contributed by atoms with Crippen molar-refractivity contribution in [2.24, 2.45) is 0 Å². The summed E-state index contributed by atoms with van der Waals surface area (Å²) < 4.78 is 0. The van der Waals surface area contributed by atoms with Gasteiger partial charge in [-0.15, -0.1) is 0 Å². The summed E-state index contributed by atoms with van der Waals surface area (Å²) in [6, 6.07) is -0.547. The highest BCUT2D eigenvalue weighted by molar-refractivity contribution is 5.76. The summed E-state index contributed by atoms with van der Waals surface area (Å²) >= 11 is 0. The monoisotopic (exact) mass is 840 g/mol. The number of aliphatic hydroxyl groups is 2. The van der Waals surface area contributed by atoms with Gasteiger partial charge in [-0.05, 0) is 51.4 Å². The largest absolute Gasteiger partial charge is 0.394 e. The fourth-order valence-electron chi connectivity index (χ4n) is 8.30. The Morgan fingerprint density at radius 3 is 1.10 bits per heavy atom. The summed E-state index contributed by atoms with van der Waals surface area (Å²) in [5.41, 5.74) is 0. The van der Waals surface area contributed by atoms with E-state index >= 15 is 0 Å². The Bertz CT molecular complexity index is 954. The standard InChI is InChI=1S/C56H105NO3/c1-3-5-7-9-11-13-15-17-19-21-23-24-25-26-27-28-29-30-31-32-34-35-37-39-41-43-45-47-49-51-55(59)54(53-58)57-56(60)52-50-48-46-44-42-40-38-36-33-22-20-18-16-14-12-10-8-6-4-2/h6,8,12,14,18,20,33,36,54-55,58-59H,3-5,7,9-11,13,15-17,19,21-32,34-35,37-53H2,1-2H3,(H,57,60)/b8-6-,14-12-,20-18-,36-33-. The Labute approximate surface area is 375 Å². The summed E-state index contributed by atoms with van der Waals surface area (Å²) in [6.45, 7) is 4.26. The van der Waals surface area contributed by atoms with E-state index in [0.717, 1.165) is 64.2 Å². The van der Waals surface area contributed by atoms with Gasteiger partial charge in [0.15, 0.2) is 0 Å². The fourth-order valence-corrected chi connectivity index (χ4v) is 8.30. The van der Waals surface area contributed by atoms with E-state index in [0.29, 0.717) is 12.8 Å². The highest BCUT2D eigenvalue weighted by Gasteiger charge is 2.20. The van der Waals surface area contributed by atoms with Crippen molar-refractivity contribution in [1.29, 1.82) is 0 Å². The predicted octanol–water partition coefficient (Wildman–Crippen LogP) is 17.5. The molecule has 3 N–H and O–H groups in total.